The summed E-state index contributed by atoms with van der Waals surface area (Å²) in [5.41, 5.74) is 0. The van der Waals surface area contributed by atoms with E-state index in [0.29, 0.717) is 11.8 Å². The van der Waals surface area contributed by atoms with Gasteiger partial charge < -0.3 is 9.80 Å². The van der Waals surface area contributed by atoms with Crippen LogP contribution >= 0.6 is 0 Å². The molecule has 0 radical (unpaired) electrons. The van der Waals surface area contributed by atoms with E-state index in [4.69, 9.17) is 0 Å². The first-order chi connectivity index (χ1) is 8.66. The number of piperidine rings is 1. The molecule has 2 rings (SSSR count). The molecular weight excluding hydrogens is 224 g/mol. The number of carbonyl (C=O) groups is 1. The van der Waals surface area contributed by atoms with Gasteiger partial charge in [0.1, 0.15) is 5.78 Å². The van der Waals surface area contributed by atoms with Crippen molar-refractivity contribution >= 4 is 5.78 Å². The smallest absolute Gasteiger partial charge is 0.133 e. The van der Waals surface area contributed by atoms with Gasteiger partial charge in [-0.2, -0.15) is 0 Å². The Morgan fingerprint density at radius 1 is 1.22 bits per heavy atom. The van der Waals surface area contributed by atoms with Gasteiger partial charge in [0.25, 0.3) is 0 Å². The Balaban J connectivity index is 1.70. The van der Waals surface area contributed by atoms with Gasteiger partial charge in [-0.1, -0.05) is 6.42 Å². The van der Waals surface area contributed by atoms with Crippen molar-refractivity contribution in [2.75, 3.05) is 27.2 Å². The van der Waals surface area contributed by atoms with Crippen LogP contribution in [0, 0.1) is 0 Å². The molecule has 1 unspecified atom stereocenters. The quantitative estimate of drug-likeness (QED) is 0.767. The maximum absolute atomic E-state index is 11.3. The first-order valence-electron chi connectivity index (χ1n) is 7.59. The second-order valence-corrected chi connectivity index (χ2v) is 6.17. The predicted molar refractivity (Wildman–Crippen MR) is 74.8 cm³/mol. The lowest BCUT2D eigenvalue weighted by Gasteiger charge is -2.36. The van der Waals surface area contributed by atoms with Crippen LogP contribution in [-0.2, 0) is 4.79 Å². The number of likely N-dealkylation sites (tertiary alicyclic amines) is 1. The zero-order valence-electron chi connectivity index (χ0n) is 12.0. The molecule has 1 saturated heterocycles. The first kappa shape index (κ1) is 14.0. The largest absolute Gasteiger partial charge is 0.303 e. The molecule has 18 heavy (non-hydrogen) atoms. The molecule has 1 aliphatic carbocycles. The van der Waals surface area contributed by atoms with Crippen LogP contribution in [0.5, 0.6) is 0 Å². The van der Waals surface area contributed by atoms with Gasteiger partial charge in [0.2, 0.25) is 0 Å². The summed E-state index contributed by atoms with van der Waals surface area (Å²) in [4.78, 5) is 16.3. The third-order valence-electron chi connectivity index (χ3n) is 4.87. The number of hydrogen-bond donors (Lipinski definition) is 0. The zero-order valence-corrected chi connectivity index (χ0v) is 12.0. The predicted octanol–water partition coefficient (Wildman–Crippen LogP) is 2.30. The zero-order chi connectivity index (χ0) is 13.0. The molecular formula is C15H28N2O. The Morgan fingerprint density at radius 3 is 2.61 bits per heavy atom. The fourth-order valence-corrected chi connectivity index (χ4v) is 3.41. The lowest BCUT2D eigenvalue weighted by atomic mass is 9.93. The maximum Gasteiger partial charge on any atom is 0.133 e. The van der Waals surface area contributed by atoms with Crippen LogP contribution in [0.4, 0.5) is 0 Å². The monoisotopic (exact) mass is 252 g/mol. The summed E-state index contributed by atoms with van der Waals surface area (Å²) in [5, 5.41) is 0. The van der Waals surface area contributed by atoms with E-state index >= 15 is 0 Å². The first-order valence-corrected chi connectivity index (χ1v) is 7.59. The van der Waals surface area contributed by atoms with E-state index in [1.807, 2.05) is 0 Å². The number of hydrogen-bond acceptors (Lipinski definition) is 3. The van der Waals surface area contributed by atoms with Gasteiger partial charge in [-0.25, -0.2) is 0 Å². The third-order valence-corrected chi connectivity index (χ3v) is 4.87. The molecule has 0 N–H and O–H groups in total. The van der Waals surface area contributed by atoms with E-state index in [2.05, 4.69) is 23.9 Å². The fraction of sp³-hybridized carbons (Fsp3) is 0.933. The van der Waals surface area contributed by atoms with Crippen LogP contribution in [0.2, 0.25) is 0 Å². The van der Waals surface area contributed by atoms with E-state index < -0.39 is 0 Å². The van der Waals surface area contributed by atoms with Gasteiger partial charge in [-0.15, -0.1) is 0 Å². The lowest BCUT2D eigenvalue weighted by molar-refractivity contribution is -0.121. The number of ketones is 1. The van der Waals surface area contributed by atoms with E-state index in [-0.39, 0.29) is 0 Å². The third kappa shape index (κ3) is 3.79. The summed E-state index contributed by atoms with van der Waals surface area (Å²) < 4.78 is 0. The molecule has 1 atom stereocenters. The molecule has 3 nitrogen and oxygen atoms in total. The van der Waals surface area contributed by atoms with Crippen molar-refractivity contribution in [1.29, 1.82) is 0 Å². The van der Waals surface area contributed by atoms with Crippen molar-refractivity contribution in [3.8, 4) is 0 Å². The molecule has 1 heterocycles. The van der Waals surface area contributed by atoms with E-state index in [9.17, 15) is 4.79 Å². The van der Waals surface area contributed by atoms with Crippen molar-refractivity contribution < 1.29 is 4.79 Å². The average molecular weight is 252 g/mol. The lowest BCUT2D eigenvalue weighted by Crippen LogP contribution is -2.41. The standard InChI is InChI=1S/C15H28N2O/c1-16-11-4-3-5-13(16)10-12-17(2)14-6-8-15(18)9-7-14/h13-14H,3-12H2,1-2H3. The highest BCUT2D eigenvalue weighted by Crippen LogP contribution is 2.22. The molecule has 3 heteroatoms. The van der Waals surface area contributed by atoms with Crippen molar-refractivity contribution in [3.63, 3.8) is 0 Å². The molecule has 2 aliphatic rings. The van der Waals surface area contributed by atoms with Crippen LogP contribution in [-0.4, -0.2) is 54.9 Å². The molecule has 104 valence electrons. The molecule has 0 bridgehead atoms. The average Bonchev–Trinajstić information content (AvgIpc) is 2.38. The Bertz CT molecular complexity index is 270. The summed E-state index contributed by atoms with van der Waals surface area (Å²) in [6.07, 6.45) is 9.19. The minimum absolute atomic E-state index is 0.465. The summed E-state index contributed by atoms with van der Waals surface area (Å²) in [5.74, 6) is 0.465. The van der Waals surface area contributed by atoms with Crippen LogP contribution in [0.1, 0.15) is 51.4 Å². The van der Waals surface area contributed by atoms with Crippen molar-refractivity contribution in [2.24, 2.45) is 0 Å². The van der Waals surface area contributed by atoms with Crippen molar-refractivity contribution in [1.82, 2.24) is 9.80 Å². The summed E-state index contributed by atoms with van der Waals surface area (Å²) in [6, 6.07) is 1.43. The Morgan fingerprint density at radius 2 is 1.94 bits per heavy atom. The van der Waals surface area contributed by atoms with Gasteiger partial charge in [-0.05, 0) is 59.3 Å². The molecule has 0 amide bonds. The molecule has 0 aromatic heterocycles. The minimum atomic E-state index is 0.465. The number of rotatable bonds is 4. The topological polar surface area (TPSA) is 23.6 Å². The number of Topliss-reactive ketones (excluding diaryl/α,β-unsaturated/α-hetero) is 1. The summed E-state index contributed by atoms with van der Waals surface area (Å²) in [7, 11) is 4.51. The van der Waals surface area contributed by atoms with Crippen molar-refractivity contribution in [2.45, 2.75) is 63.5 Å². The summed E-state index contributed by atoms with van der Waals surface area (Å²) in [6.45, 7) is 2.46. The molecule has 1 aliphatic heterocycles. The molecule has 0 spiro atoms. The number of nitrogens with zero attached hydrogens (tertiary/aromatic N) is 2. The highest BCUT2D eigenvalue weighted by Gasteiger charge is 2.24. The van der Waals surface area contributed by atoms with Gasteiger partial charge in [0.05, 0.1) is 0 Å². The van der Waals surface area contributed by atoms with Gasteiger partial charge in [0.15, 0.2) is 0 Å². The Kier molecular flexibility index (Phi) is 5.19. The molecule has 0 aromatic carbocycles. The normalized spacial score (nSPS) is 27.9. The number of carbonyl (C=O) groups excluding carboxylic acids is 1. The molecule has 1 saturated carbocycles. The summed E-state index contributed by atoms with van der Waals surface area (Å²) >= 11 is 0. The van der Waals surface area contributed by atoms with Gasteiger partial charge >= 0.3 is 0 Å². The Labute approximate surface area is 112 Å². The van der Waals surface area contributed by atoms with Gasteiger partial charge in [0, 0.05) is 24.9 Å². The maximum atomic E-state index is 11.3. The van der Waals surface area contributed by atoms with Crippen LogP contribution in [0.25, 0.3) is 0 Å². The van der Waals surface area contributed by atoms with E-state index in [0.717, 1.165) is 31.7 Å². The highest BCUT2D eigenvalue weighted by molar-refractivity contribution is 5.79. The second-order valence-electron chi connectivity index (χ2n) is 6.17. The fourth-order valence-electron chi connectivity index (χ4n) is 3.41. The molecule has 0 aromatic rings. The second kappa shape index (κ2) is 6.67. The van der Waals surface area contributed by atoms with Gasteiger partial charge in [-0.3, -0.25) is 4.79 Å². The van der Waals surface area contributed by atoms with Crippen molar-refractivity contribution in [3.05, 3.63) is 0 Å². The molecule has 2 fully saturated rings. The van der Waals surface area contributed by atoms with Crippen LogP contribution in [0.15, 0.2) is 0 Å². The van der Waals surface area contributed by atoms with E-state index in [1.54, 1.807) is 0 Å². The Hall–Kier alpha value is -0.410. The van der Waals surface area contributed by atoms with Crippen LogP contribution < -0.4 is 0 Å². The minimum Gasteiger partial charge on any atom is -0.303 e. The van der Waals surface area contributed by atoms with E-state index in [1.165, 1.54) is 38.8 Å². The van der Waals surface area contributed by atoms with Crippen LogP contribution in [0.3, 0.4) is 0 Å². The highest BCUT2D eigenvalue weighted by atomic mass is 16.1. The SMILES string of the molecule is CN1CCCCC1CCN(C)C1CCC(=O)CC1.